The van der Waals surface area contributed by atoms with E-state index in [1.165, 1.54) is 7.11 Å². The molecule has 0 bridgehead atoms. The van der Waals surface area contributed by atoms with E-state index < -0.39 is 29.5 Å². The van der Waals surface area contributed by atoms with Crippen molar-refractivity contribution in [1.29, 1.82) is 5.26 Å². The number of rotatable bonds is 8. The van der Waals surface area contributed by atoms with Gasteiger partial charge in [0.25, 0.3) is 0 Å². The summed E-state index contributed by atoms with van der Waals surface area (Å²) in [7, 11) is 1.50. The maximum atomic E-state index is 13.2. The number of benzene rings is 2. The third-order valence-electron chi connectivity index (χ3n) is 6.49. The summed E-state index contributed by atoms with van der Waals surface area (Å²) >= 11 is 5.14. The van der Waals surface area contributed by atoms with E-state index in [0.29, 0.717) is 29.9 Å². The lowest BCUT2D eigenvalue weighted by Gasteiger charge is -2.47. The molecule has 4 rings (SSSR count). The normalized spacial score (nSPS) is 18.4. The van der Waals surface area contributed by atoms with Crippen molar-refractivity contribution in [2.75, 3.05) is 7.11 Å². The molecule has 2 atom stereocenters. The van der Waals surface area contributed by atoms with E-state index in [1.807, 2.05) is 36.4 Å². The molecule has 0 aromatic heterocycles. The van der Waals surface area contributed by atoms with Gasteiger partial charge in [-0.1, -0.05) is 55.0 Å². The summed E-state index contributed by atoms with van der Waals surface area (Å²) < 4.78 is 22.8. The molecule has 1 spiro atoms. The molecule has 0 radical (unpaired) electrons. The third kappa shape index (κ3) is 5.24. The number of hydrogen-bond acceptors (Lipinski definition) is 8. The van der Waals surface area contributed by atoms with Crippen LogP contribution in [0.3, 0.4) is 0 Å². The zero-order chi connectivity index (χ0) is 25.7. The minimum atomic E-state index is -1.25. The van der Waals surface area contributed by atoms with Gasteiger partial charge in [0.1, 0.15) is 12.5 Å². The highest BCUT2D eigenvalue weighted by molar-refractivity contribution is 7.80. The minimum absolute atomic E-state index is 0.156. The van der Waals surface area contributed by atoms with Crippen LogP contribution in [0.5, 0.6) is 11.5 Å². The van der Waals surface area contributed by atoms with Crippen LogP contribution >= 0.6 is 12.2 Å². The van der Waals surface area contributed by atoms with Gasteiger partial charge in [-0.3, -0.25) is 0 Å². The van der Waals surface area contributed by atoms with Crippen molar-refractivity contribution in [1.82, 2.24) is 0 Å². The van der Waals surface area contributed by atoms with Crippen LogP contribution in [0.15, 0.2) is 60.0 Å². The van der Waals surface area contributed by atoms with Crippen molar-refractivity contribution in [2.24, 2.45) is 11.7 Å². The number of nitriles is 1. The van der Waals surface area contributed by atoms with Crippen molar-refractivity contribution >= 4 is 23.2 Å². The smallest absolute Gasteiger partial charge is 0.337 e. The topological polar surface area (TPSA) is 127 Å². The Hall–Kier alpha value is -3.77. The van der Waals surface area contributed by atoms with Crippen LogP contribution in [-0.4, -0.2) is 23.9 Å². The second-order valence-electron chi connectivity index (χ2n) is 8.84. The first-order chi connectivity index (χ1) is 17.4. The summed E-state index contributed by atoms with van der Waals surface area (Å²) in [5, 5.41) is 23.1. The highest BCUT2D eigenvalue weighted by Crippen LogP contribution is 2.44. The Labute approximate surface area is 215 Å². The zero-order valence-electron chi connectivity index (χ0n) is 19.9. The molecular formula is C27H27N2O6S-. The summed E-state index contributed by atoms with van der Waals surface area (Å²) in [5.41, 5.74) is 6.92. The van der Waals surface area contributed by atoms with Crippen LogP contribution in [0.4, 0.5) is 0 Å². The molecule has 8 nitrogen and oxygen atoms in total. The molecule has 2 unspecified atom stereocenters. The van der Waals surface area contributed by atoms with Gasteiger partial charge in [-0.2, -0.15) is 5.26 Å². The lowest BCUT2D eigenvalue weighted by atomic mass is 9.80. The van der Waals surface area contributed by atoms with Gasteiger partial charge < -0.3 is 29.8 Å². The second-order valence-corrected chi connectivity index (χ2v) is 9.31. The standard InChI is InChI=1S/C27H28N2O6S/c1-32-20-11-10-18(14-21(20)33-16-17-8-4-2-5-9-17)22(19(15-28)24(29)36)23-25(30)34-27(35-26(23)31)12-6-3-7-13-27/h2,4-5,8-11,14,19,22,30H,3,6-7,12-13,16H2,1H3,(H2,29,36)/p-1. The number of nitrogens with two attached hydrogens (primary N) is 1. The maximum absolute atomic E-state index is 13.2. The molecule has 1 heterocycles. The van der Waals surface area contributed by atoms with Gasteiger partial charge in [-0.25, -0.2) is 4.79 Å². The molecule has 1 aliphatic carbocycles. The van der Waals surface area contributed by atoms with E-state index in [-0.39, 0.29) is 17.2 Å². The monoisotopic (exact) mass is 507 g/mol. The fourth-order valence-electron chi connectivity index (χ4n) is 4.66. The number of ether oxygens (including phenoxy) is 4. The average molecular weight is 508 g/mol. The second kappa shape index (κ2) is 10.9. The summed E-state index contributed by atoms with van der Waals surface area (Å²) in [6.45, 7) is 0.255. The molecule has 2 aliphatic rings. The number of esters is 1. The van der Waals surface area contributed by atoms with Crippen molar-refractivity contribution in [3.8, 4) is 17.6 Å². The molecule has 1 aliphatic heterocycles. The van der Waals surface area contributed by atoms with Crippen molar-refractivity contribution < 1.29 is 28.8 Å². The first kappa shape index (κ1) is 25.3. The maximum Gasteiger partial charge on any atom is 0.337 e. The predicted octanol–water partition coefficient (Wildman–Crippen LogP) is 3.59. The zero-order valence-corrected chi connectivity index (χ0v) is 20.7. The van der Waals surface area contributed by atoms with E-state index >= 15 is 0 Å². The first-order valence-electron chi connectivity index (χ1n) is 11.7. The molecule has 36 heavy (non-hydrogen) atoms. The quantitative estimate of drug-likeness (QED) is 0.421. The van der Waals surface area contributed by atoms with Crippen LogP contribution in [0.25, 0.3) is 0 Å². The Morgan fingerprint density at radius 1 is 1.17 bits per heavy atom. The van der Waals surface area contributed by atoms with E-state index in [0.717, 1.165) is 24.8 Å². The SMILES string of the molecule is COc1ccc(C(C2=C([O-])OC3(CCCCC3)OC2=O)C(C#N)C(N)=S)cc1OCc1ccccc1. The lowest BCUT2D eigenvalue weighted by Crippen LogP contribution is -2.47. The van der Waals surface area contributed by atoms with Crippen LogP contribution in [0.1, 0.15) is 49.1 Å². The molecule has 1 fully saturated rings. The first-order valence-corrected chi connectivity index (χ1v) is 12.2. The average Bonchev–Trinajstić information content (AvgIpc) is 2.87. The molecule has 188 valence electrons. The van der Waals surface area contributed by atoms with Crippen LogP contribution in [0.2, 0.25) is 0 Å². The number of thiocarbonyl (C=S) groups is 1. The number of methoxy groups -OCH3 is 1. The van der Waals surface area contributed by atoms with Gasteiger partial charge in [-0.05, 0) is 48.9 Å². The molecule has 1 saturated carbocycles. The van der Waals surface area contributed by atoms with Gasteiger partial charge in [0.15, 0.2) is 17.3 Å². The molecule has 2 aromatic carbocycles. The van der Waals surface area contributed by atoms with Crippen molar-refractivity contribution in [3.63, 3.8) is 0 Å². The van der Waals surface area contributed by atoms with Crippen LogP contribution < -0.4 is 20.3 Å². The minimum Gasteiger partial charge on any atom is -0.574 e. The Morgan fingerprint density at radius 2 is 1.89 bits per heavy atom. The van der Waals surface area contributed by atoms with Crippen LogP contribution in [0, 0.1) is 17.2 Å². The summed E-state index contributed by atoms with van der Waals surface area (Å²) in [6.07, 6.45) is 3.44. The van der Waals surface area contributed by atoms with E-state index in [2.05, 4.69) is 0 Å². The Bertz CT molecular complexity index is 1200. The lowest BCUT2D eigenvalue weighted by molar-refractivity contribution is -0.402. The summed E-state index contributed by atoms with van der Waals surface area (Å²) in [6, 6.07) is 16.5. The van der Waals surface area contributed by atoms with E-state index in [9.17, 15) is 15.2 Å². The largest absolute Gasteiger partial charge is 0.574 e. The predicted molar refractivity (Wildman–Crippen MR) is 132 cm³/mol. The molecule has 0 amide bonds. The Balaban J connectivity index is 1.74. The molecule has 2 N–H and O–H groups in total. The number of nitrogens with zero attached hydrogens (tertiary/aromatic N) is 1. The molecule has 2 aromatic rings. The number of carbonyl (C=O) groups excluding carboxylic acids is 1. The van der Waals surface area contributed by atoms with E-state index in [4.69, 9.17) is 36.9 Å². The molecule has 9 heteroatoms. The van der Waals surface area contributed by atoms with Gasteiger partial charge in [0, 0.05) is 5.92 Å². The van der Waals surface area contributed by atoms with Crippen molar-refractivity contribution in [3.05, 3.63) is 71.2 Å². The molecular weight excluding hydrogens is 480 g/mol. The summed E-state index contributed by atoms with van der Waals surface area (Å²) in [4.78, 5) is 13.1. The number of carbonyl (C=O) groups is 1. The Kier molecular flexibility index (Phi) is 7.65. The Morgan fingerprint density at radius 3 is 2.50 bits per heavy atom. The van der Waals surface area contributed by atoms with Gasteiger partial charge in [0.2, 0.25) is 0 Å². The number of hydrogen-bond donors (Lipinski definition) is 1. The molecule has 0 saturated heterocycles. The van der Waals surface area contributed by atoms with E-state index in [1.54, 1.807) is 18.2 Å². The summed E-state index contributed by atoms with van der Waals surface area (Å²) in [5.74, 6) is -4.36. The highest BCUT2D eigenvalue weighted by Gasteiger charge is 2.43. The fraction of sp³-hybridized carbons (Fsp3) is 0.370. The van der Waals surface area contributed by atoms with Gasteiger partial charge >= 0.3 is 5.97 Å². The van der Waals surface area contributed by atoms with Crippen molar-refractivity contribution in [2.45, 2.75) is 50.4 Å². The van der Waals surface area contributed by atoms with Crippen LogP contribution in [-0.2, 0) is 20.9 Å². The fourth-order valence-corrected chi connectivity index (χ4v) is 4.85. The third-order valence-corrected chi connectivity index (χ3v) is 6.74. The van der Waals surface area contributed by atoms with Gasteiger partial charge in [-0.15, -0.1) is 0 Å². The van der Waals surface area contributed by atoms with Gasteiger partial charge in [0.05, 0.1) is 29.7 Å². The highest BCUT2D eigenvalue weighted by atomic mass is 32.1.